The van der Waals surface area contributed by atoms with Crippen molar-refractivity contribution in [2.75, 3.05) is 49.5 Å². The molecular formula is C29H45N5O2. The van der Waals surface area contributed by atoms with E-state index in [9.17, 15) is 9.59 Å². The molecule has 1 saturated heterocycles. The predicted molar refractivity (Wildman–Crippen MR) is 146 cm³/mol. The number of nitrogens with one attached hydrogen (secondary N) is 3. The van der Waals surface area contributed by atoms with E-state index in [1.165, 1.54) is 25.7 Å². The molecule has 5 fully saturated rings. The standard InChI is InChI=1S/C29H45N5O2/c1-3-33(4-2)13-10-30-27(35)25-17-24(8-9-26(25)34-11-6-5-7-12-34)31-28(36)32-29-18-21-14-22(19-29)16-23(15-21)20-29/h8-9,17,21-23H,3-7,10-16,18-20H2,1-2H3,(H,30,35)(H2,31,32,36). The zero-order chi connectivity index (χ0) is 25.1. The molecule has 1 heterocycles. The van der Waals surface area contributed by atoms with Gasteiger partial charge in [0.05, 0.1) is 5.56 Å². The number of amides is 3. The second-order valence-corrected chi connectivity index (χ2v) is 11.8. The number of carbonyl (C=O) groups is 2. The van der Waals surface area contributed by atoms with E-state index < -0.39 is 0 Å². The van der Waals surface area contributed by atoms with Gasteiger partial charge in [-0.2, -0.15) is 0 Å². The maximum atomic E-state index is 13.3. The molecule has 198 valence electrons. The maximum absolute atomic E-state index is 13.3. The summed E-state index contributed by atoms with van der Waals surface area (Å²) in [6.45, 7) is 9.63. The molecule has 36 heavy (non-hydrogen) atoms. The number of carbonyl (C=O) groups excluding carboxylic acids is 2. The van der Waals surface area contributed by atoms with E-state index in [1.807, 2.05) is 18.2 Å². The smallest absolute Gasteiger partial charge is 0.319 e. The van der Waals surface area contributed by atoms with E-state index in [4.69, 9.17) is 0 Å². The molecule has 5 aliphatic rings. The van der Waals surface area contributed by atoms with Gasteiger partial charge in [-0.3, -0.25) is 4.79 Å². The van der Waals surface area contributed by atoms with Crippen molar-refractivity contribution in [2.45, 2.75) is 77.2 Å². The Morgan fingerprint density at radius 3 is 2.22 bits per heavy atom. The lowest BCUT2D eigenvalue weighted by molar-refractivity contribution is -0.0127. The summed E-state index contributed by atoms with van der Waals surface area (Å²) < 4.78 is 0. The van der Waals surface area contributed by atoms with Gasteiger partial charge in [0.1, 0.15) is 0 Å². The van der Waals surface area contributed by atoms with Crippen LogP contribution in [0, 0.1) is 17.8 Å². The topological polar surface area (TPSA) is 76.7 Å². The third-order valence-corrected chi connectivity index (χ3v) is 9.22. The SMILES string of the molecule is CCN(CC)CCNC(=O)c1cc(NC(=O)NC23CC4CC(CC(C4)C2)C3)ccc1N1CCCCC1. The largest absolute Gasteiger partial charge is 0.371 e. The van der Waals surface area contributed by atoms with E-state index in [2.05, 4.69) is 39.6 Å². The minimum atomic E-state index is -0.129. The van der Waals surface area contributed by atoms with Crippen LogP contribution in [0.2, 0.25) is 0 Å². The molecule has 0 spiro atoms. The van der Waals surface area contributed by atoms with Crippen molar-refractivity contribution in [1.29, 1.82) is 0 Å². The molecule has 3 N–H and O–H groups in total. The number of anilines is 2. The fourth-order valence-corrected chi connectivity index (χ4v) is 7.84. The summed E-state index contributed by atoms with van der Waals surface area (Å²) in [6.07, 6.45) is 11.0. The van der Waals surface area contributed by atoms with Crippen LogP contribution in [0.15, 0.2) is 18.2 Å². The fraction of sp³-hybridized carbons (Fsp3) is 0.724. The van der Waals surface area contributed by atoms with Gasteiger partial charge in [0.2, 0.25) is 0 Å². The summed E-state index contributed by atoms with van der Waals surface area (Å²) in [5, 5.41) is 9.60. The Morgan fingerprint density at radius 1 is 0.972 bits per heavy atom. The maximum Gasteiger partial charge on any atom is 0.319 e. The number of likely N-dealkylation sites (N-methyl/N-ethyl adjacent to an activating group) is 1. The third-order valence-electron chi connectivity index (χ3n) is 9.22. The molecule has 3 amide bonds. The Hall–Kier alpha value is -2.28. The minimum Gasteiger partial charge on any atom is -0.371 e. The predicted octanol–water partition coefficient (Wildman–Crippen LogP) is 4.84. The van der Waals surface area contributed by atoms with Crippen molar-refractivity contribution >= 4 is 23.3 Å². The van der Waals surface area contributed by atoms with Crippen LogP contribution >= 0.6 is 0 Å². The van der Waals surface area contributed by atoms with Crippen LogP contribution in [-0.2, 0) is 0 Å². The highest BCUT2D eigenvalue weighted by Gasteiger charge is 2.51. The average molecular weight is 496 g/mol. The highest BCUT2D eigenvalue weighted by molar-refractivity contribution is 6.02. The molecule has 7 nitrogen and oxygen atoms in total. The van der Waals surface area contributed by atoms with Gasteiger partial charge >= 0.3 is 6.03 Å². The minimum absolute atomic E-state index is 0.0305. The van der Waals surface area contributed by atoms with Crippen molar-refractivity contribution in [2.24, 2.45) is 17.8 Å². The van der Waals surface area contributed by atoms with Gasteiger partial charge in [-0.25, -0.2) is 4.79 Å². The first-order valence-electron chi connectivity index (χ1n) is 14.5. The summed E-state index contributed by atoms with van der Waals surface area (Å²) in [4.78, 5) is 31.1. The molecule has 4 saturated carbocycles. The van der Waals surface area contributed by atoms with Gasteiger partial charge in [-0.05, 0) is 107 Å². The molecule has 1 aromatic carbocycles. The molecule has 0 radical (unpaired) electrons. The van der Waals surface area contributed by atoms with Gasteiger partial charge in [-0.1, -0.05) is 13.8 Å². The molecular weight excluding hydrogens is 450 g/mol. The van der Waals surface area contributed by atoms with Crippen molar-refractivity contribution in [3.8, 4) is 0 Å². The number of benzene rings is 1. The van der Waals surface area contributed by atoms with Crippen LogP contribution in [0.25, 0.3) is 0 Å². The van der Waals surface area contributed by atoms with E-state index in [0.717, 1.165) is 88.3 Å². The lowest BCUT2D eigenvalue weighted by atomic mass is 9.53. The second-order valence-electron chi connectivity index (χ2n) is 11.8. The van der Waals surface area contributed by atoms with Gasteiger partial charge in [0, 0.05) is 43.1 Å². The molecule has 0 atom stereocenters. The molecule has 7 heteroatoms. The number of hydrogen-bond acceptors (Lipinski definition) is 4. The Kier molecular flexibility index (Phi) is 7.75. The first kappa shape index (κ1) is 25.4. The van der Waals surface area contributed by atoms with E-state index in [0.29, 0.717) is 17.8 Å². The van der Waals surface area contributed by atoms with Crippen molar-refractivity contribution in [3.05, 3.63) is 23.8 Å². The first-order valence-corrected chi connectivity index (χ1v) is 14.5. The van der Waals surface area contributed by atoms with Crippen molar-refractivity contribution < 1.29 is 9.59 Å². The number of hydrogen-bond donors (Lipinski definition) is 3. The van der Waals surface area contributed by atoms with Crippen LogP contribution < -0.4 is 20.9 Å². The van der Waals surface area contributed by atoms with Crippen LogP contribution in [-0.4, -0.2) is 61.6 Å². The highest BCUT2D eigenvalue weighted by Crippen LogP contribution is 2.55. The second kappa shape index (κ2) is 11.0. The Bertz CT molecular complexity index is 902. The van der Waals surface area contributed by atoms with Crippen molar-refractivity contribution in [1.82, 2.24) is 15.5 Å². The molecule has 1 aliphatic heterocycles. The number of urea groups is 1. The van der Waals surface area contributed by atoms with Gasteiger partial charge < -0.3 is 25.8 Å². The normalized spacial score (nSPS) is 28.9. The van der Waals surface area contributed by atoms with Crippen LogP contribution in [0.4, 0.5) is 16.2 Å². The Morgan fingerprint density at radius 2 is 1.61 bits per heavy atom. The zero-order valence-electron chi connectivity index (χ0n) is 22.3. The van der Waals surface area contributed by atoms with Gasteiger partial charge in [-0.15, -0.1) is 0 Å². The quantitative estimate of drug-likeness (QED) is 0.458. The van der Waals surface area contributed by atoms with Gasteiger partial charge in [0.25, 0.3) is 5.91 Å². The molecule has 0 unspecified atom stereocenters. The number of nitrogens with zero attached hydrogens (tertiary/aromatic N) is 2. The summed E-state index contributed by atoms with van der Waals surface area (Å²) in [5.74, 6) is 2.29. The lowest BCUT2D eigenvalue weighted by Gasteiger charge is -2.56. The first-order chi connectivity index (χ1) is 17.5. The van der Waals surface area contributed by atoms with Crippen LogP contribution in [0.5, 0.6) is 0 Å². The summed E-state index contributed by atoms with van der Waals surface area (Å²) in [5.41, 5.74) is 2.29. The monoisotopic (exact) mass is 495 g/mol. The molecule has 6 rings (SSSR count). The molecule has 4 bridgehead atoms. The van der Waals surface area contributed by atoms with Crippen molar-refractivity contribution in [3.63, 3.8) is 0 Å². The molecule has 1 aromatic rings. The number of rotatable bonds is 9. The third kappa shape index (κ3) is 5.66. The molecule has 0 aromatic heterocycles. The van der Waals surface area contributed by atoms with Crippen LogP contribution in [0.1, 0.15) is 82.0 Å². The van der Waals surface area contributed by atoms with E-state index in [1.54, 1.807) is 0 Å². The Balaban J connectivity index is 1.27. The zero-order valence-corrected chi connectivity index (χ0v) is 22.3. The fourth-order valence-electron chi connectivity index (χ4n) is 7.84. The summed E-state index contributed by atoms with van der Waals surface area (Å²) in [7, 11) is 0. The van der Waals surface area contributed by atoms with E-state index in [-0.39, 0.29) is 17.5 Å². The average Bonchev–Trinajstić information content (AvgIpc) is 2.86. The molecule has 4 aliphatic carbocycles. The highest BCUT2D eigenvalue weighted by atomic mass is 16.2. The number of piperidine rings is 1. The lowest BCUT2D eigenvalue weighted by Crippen LogP contribution is -2.60. The summed E-state index contributed by atoms with van der Waals surface area (Å²) >= 11 is 0. The van der Waals surface area contributed by atoms with Crippen LogP contribution in [0.3, 0.4) is 0 Å². The summed E-state index contributed by atoms with van der Waals surface area (Å²) in [6, 6.07) is 5.71. The van der Waals surface area contributed by atoms with E-state index >= 15 is 0 Å². The Labute approximate surface area is 216 Å². The van der Waals surface area contributed by atoms with Gasteiger partial charge in [0.15, 0.2) is 0 Å².